The third-order valence-corrected chi connectivity index (χ3v) is 4.29. The maximum absolute atomic E-state index is 9.17. The van der Waals surface area contributed by atoms with E-state index in [9.17, 15) is 0 Å². The Bertz CT molecular complexity index is 422. The molecule has 1 N–H and O–H groups in total. The number of halogens is 2. The van der Waals surface area contributed by atoms with Gasteiger partial charge in [-0.05, 0) is 31.0 Å². The molecule has 0 aliphatic heterocycles. The summed E-state index contributed by atoms with van der Waals surface area (Å²) in [4.78, 5) is 2.32. The average Bonchev–Trinajstić information content (AvgIpc) is 2.94. The van der Waals surface area contributed by atoms with Gasteiger partial charge in [0.2, 0.25) is 0 Å². The Morgan fingerprint density at radius 3 is 2.60 bits per heavy atom. The highest BCUT2D eigenvalue weighted by Crippen LogP contribution is 2.28. The molecule has 0 unspecified atom stereocenters. The molecule has 1 aliphatic rings. The fraction of sp³-hybridized carbons (Fsp3) is 0.600. The summed E-state index contributed by atoms with van der Waals surface area (Å²) in [5, 5.41) is 10.3. The average molecular weight is 318 g/mol. The van der Waals surface area contributed by atoms with E-state index in [0.717, 1.165) is 6.54 Å². The molecule has 0 spiro atoms. The highest BCUT2D eigenvalue weighted by molar-refractivity contribution is 6.35. The minimum Gasteiger partial charge on any atom is -0.491 e. The molecule has 1 aromatic rings. The molecular formula is C15H21Cl2NO2. The van der Waals surface area contributed by atoms with E-state index in [1.807, 2.05) is 0 Å². The van der Waals surface area contributed by atoms with Crippen LogP contribution < -0.4 is 4.74 Å². The quantitative estimate of drug-likeness (QED) is 0.834. The molecule has 2 rings (SSSR count). The number of rotatable bonds is 7. The predicted octanol–water partition coefficient (Wildman–Crippen LogP) is 3.61. The zero-order valence-electron chi connectivity index (χ0n) is 11.5. The highest BCUT2D eigenvalue weighted by Gasteiger charge is 2.21. The molecule has 112 valence electrons. The third-order valence-electron chi connectivity index (χ3n) is 3.76. The van der Waals surface area contributed by atoms with Crippen LogP contribution in [0, 0.1) is 0 Å². The first kappa shape index (κ1) is 15.9. The molecule has 1 aromatic carbocycles. The topological polar surface area (TPSA) is 32.7 Å². The van der Waals surface area contributed by atoms with Gasteiger partial charge in [-0.3, -0.25) is 4.90 Å². The monoisotopic (exact) mass is 317 g/mol. The van der Waals surface area contributed by atoms with Gasteiger partial charge in [0.1, 0.15) is 12.4 Å². The molecule has 0 amide bonds. The van der Waals surface area contributed by atoms with Crippen molar-refractivity contribution in [2.45, 2.75) is 31.7 Å². The minimum atomic E-state index is 0.193. The summed E-state index contributed by atoms with van der Waals surface area (Å²) in [5.74, 6) is 0.659. The molecule has 0 bridgehead atoms. The summed E-state index contributed by atoms with van der Waals surface area (Å²) in [6, 6.07) is 5.83. The predicted molar refractivity (Wildman–Crippen MR) is 82.9 cm³/mol. The van der Waals surface area contributed by atoms with Crippen LogP contribution in [0.4, 0.5) is 0 Å². The second-order valence-electron chi connectivity index (χ2n) is 5.12. The normalized spacial score (nSPS) is 16.0. The van der Waals surface area contributed by atoms with E-state index >= 15 is 0 Å². The van der Waals surface area contributed by atoms with Crippen LogP contribution >= 0.6 is 23.2 Å². The van der Waals surface area contributed by atoms with Gasteiger partial charge < -0.3 is 9.84 Å². The highest BCUT2D eigenvalue weighted by atomic mass is 35.5. The number of hydrogen-bond acceptors (Lipinski definition) is 3. The molecule has 0 atom stereocenters. The molecule has 20 heavy (non-hydrogen) atoms. The molecule has 0 heterocycles. The second kappa shape index (κ2) is 8.08. The Morgan fingerprint density at radius 1 is 1.20 bits per heavy atom. The van der Waals surface area contributed by atoms with Crippen molar-refractivity contribution in [3.05, 3.63) is 28.2 Å². The van der Waals surface area contributed by atoms with E-state index in [0.29, 0.717) is 35.0 Å². The second-order valence-corrected chi connectivity index (χ2v) is 5.96. The van der Waals surface area contributed by atoms with Gasteiger partial charge in [-0.25, -0.2) is 0 Å². The van der Waals surface area contributed by atoms with Crippen molar-refractivity contribution in [1.82, 2.24) is 4.90 Å². The fourth-order valence-corrected chi connectivity index (χ4v) is 3.20. The van der Waals surface area contributed by atoms with Crippen molar-refractivity contribution in [1.29, 1.82) is 0 Å². The summed E-state index contributed by atoms with van der Waals surface area (Å²) in [5.41, 5.74) is 0. The summed E-state index contributed by atoms with van der Waals surface area (Å²) >= 11 is 11.9. The van der Waals surface area contributed by atoms with Crippen LogP contribution in [-0.2, 0) is 0 Å². The summed E-state index contributed by atoms with van der Waals surface area (Å²) in [7, 11) is 0. The maximum Gasteiger partial charge on any atom is 0.138 e. The number of nitrogens with zero attached hydrogens (tertiary/aromatic N) is 1. The van der Waals surface area contributed by atoms with Gasteiger partial charge in [-0.15, -0.1) is 0 Å². The van der Waals surface area contributed by atoms with Gasteiger partial charge in [0.25, 0.3) is 0 Å². The minimum absolute atomic E-state index is 0.193. The Labute approximate surface area is 130 Å². The Balaban J connectivity index is 1.83. The zero-order valence-corrected chi connectivity index (χ0v) is 13.0. The molecule has 0 saturated heterocycles. The van der Waals surface area contributed by atoms with Gasteiger partial charge in [-0.1, -0.05) is 36.0 Å². The lowest BCUT2D eigenvalue weighted by Gasteiger charge is -2.27. The number of hydrogen-bond donors (Lipinski definition) is 1. The molecule has 1 aliphatic carbocycles. The van der Waals surface area contributed by atoms with Crippen LogP contribution in [0.2, 0.25) is 10.0 Å². The van der Waals surface area contributed by atoms with Crippen molar-refractivity contribution < 1.29 is 9.84 Å². The van der Waals surface area contributed by atoms with E-state index in [1.165, 1.54) is 25.7 Å². The molecule has 0 radical (unpaired) electrons. The molecule has 5 heteroatoms. The first-order valence-electron chi connectivity index (χ1n) is 7.13. The molecule has 0 aromatic heterocycles. The lowest BCUT2D eigenvalue weighted by Crippen LogP contribution is -2.38. The van der Waals surface area contributed by atoms with Gasteiger partial charge in [-0.2, -0.15) is 0 Å². The van der Waals surface area contributed by atoms with E-state index < -0.39 is 0 Å². The number of ether oxygens (including phenoxy) is 1. The van der Waals surface area contributed by atoms with E-state index in [-0.39, 0.29) is 6.61 Å². The molecular weight excluding hydrogens is 297 g/mol. The Morgan fingerprint density at radius 2 is 1.95 bits per heavy atom. The first-order valence-corrected chi connectivity index (χ1v) is 7.89. The lowest BCUT2D eigenvalue weighted by molar-refractivity contribution is 0.129. The standard InChI is InChI=1S/C15H21Cl2NO2/c16-12-5-6-15(14(17)11-12)20-10-8-18(7-9-19)13-3-1-2-4-13/h5-6,11,13,19H,1-4,7-10H2. The van der Waals surface area contributed by atoms with Crippen molar-refractivity contribution in [3.63, 3.8) is 0 Å². The summed E-state index contributed by atoms with van der Waals surface area (Å²) in [6.07, 6.45) is 5.02. The first-order chi connectivity index (χ1) is 9.70. The molecule has 1 fully saturated rings. The summed E-state index contributed by atoms with van der Waals surface area (Å²) < 4.78 is 5.71. The van der Waals surface area contributed by atoms with Crippen molar-refractivity contribution in [2.24, 2.45) is 0 Å². The van der Waals surface area contributed by atoms with Crippen LogP contribution in [-0.4, -0.2) is 42.4 Å². The maximum atomic E-state index is 9.17. The molecule has 1 saturated carbocycles. The van der Waals surface area contributed by atoms with Gasteiger partial charge in [0.05, 0.1) is 11.6 Å². The van der Waals surface area contributed by atoms with Crippen LogP contribution in [0.5, 0.6) is 5.75 Å². The lowest BCUT2D eigenvalue weighted by atomic mass is 10.2. The fourth-order valence-electron chi connectivity index (χ4n) is 2.74. The van der Waals surface area contributed by atoms with Gasteiger partial charge >= 0.3 is 0 Å². The van der Waals surface area contributed by atoms with E-state index in [2.05, 4.69) is 4.90 Å². The van der Waals surface area contributed by atoms with E-state index in [1.54, 1.807) is 18.2 Å². The summed E-state index contributed by atoms with van der Waals surface area (Å²) in [6.45, 7) is 2.28. The van der Waals surface area contributed by atoms with Crippen LogP contribution in [0.25, 0.3) is 0 Å². The Hall–Kier alpha value is -0.480. The number of benzene rings is 1. The number of aliphatic hydroxyl groups excluding tert-OH is 1. The Kier molecular flexibility index (Phi) is 6.43. The van der Waals surface area contributed by atoms with E-state index in [4.69, 9.17) is 33.0 Å². The third kappa shape index (κ3) is 4.52. The number of aliphatic hydroxyl groups is 1. The zero-order chi connectivity index (χ0) is 14.4. The van der Waals surface area contributed by atoms with Crippen molar-refractivity contribution in [3.8, 4) is 5.75 Å². The van der Waals surface area contributed by atoms with Crippen LogP contribution in [0.1, 0.15) is 25.7 Å². The van der Waals surface area contributed by atoms with Crippen molar-refractivity contribution >= 4 is 23.2 Å². The SMILES string of the molecule is OCCN(CCOc1ccc(Cl)cc1Cl)C1CCCC1. The molecule has 3 nitrogen and oxygen atoms in total. The van der Waals surface area contributed by atoms with Crippen molar-refractivity contribution in [2.75, 3.05) is 26.3 Å². The van der Waals surface area contributed by atoms with Crippen LogP contribution in [0.3, 0.4) is 0 Å². The smallest absolute Gasteiger partial charge is 0.138 e. The van der Waals surface area contributed by atoms with Gasteiger partial charge in [0, 0.05) is 24.2 Å². The largest absolute Gasteiger partial charge is 0.491 e. The van der Waals surface area contributed by atoms with Gasteiger partial charge in [0.15, 0.2) is 0 Å². The van der Waals surface area contributed by atoms with Crippen LogP contribution in [0.15, 0.2) is 18.2 Å².